The second-order valence-corrected chi connectivity index (χ2v) is 8.52. The quantitative estimate of drug-likeness (QED) is 0.778. The Morgan fingerprint density at radius 2 is 1.80 bits per heavy atom. The van der Waals surface area contributed by atoms with Crippen LogP contribution in [-0.2, 0) is 16.6 Å². The Morgan fingerprint density at radius 3 is 2.32 bits per heavy atom. The smallest absolute Gasteiger partial charge is 0.310 e. The van der Waals surface area contributed by atoms with Crippen molar-refractivity contribution in [3.05, 3.63) is 59.5 Å². The van der Waals surface area contributed by atoms with E-state index >= 15 is 0 Å². The average molecular weight is 340 g/mol. The molecule has 1 heterocycles. The predicted molar refractivity (Wildman–Crippen MR) is 98.6 cm³/mol. The van der Waals surface area contributed by atoms with Crippen molar-refractivity contribution in [1.29, 1.82) is 0 Å². The molecule has 25 heavy (non-hydrogen) atoms. The number of benzene rings is 1. The van der Waals surface area contributed by atoms with Gasteiger partial charge in [0.2, 0.25) is 0 Å². The third-order valence-corrected chi connectivity index (χ3v) is 6.62. The van der Waals surface area contributed by atoms with Gasteiger partial charge in [-0.2, -0.15) is 0 Å². The van der Waals surface area contributed by atoms with Crippen LogP contribution in [0, 0.1) is 16.7 Å². The van der Waals surface area contributed by atoms with Gasteiger partial charge in [-0.1, -0.05) is 58.0 Å². The van der Waals surface area contributed by atoms with E-state index in [1.165, 1.54) is 5.56 Å². The van der Waals surface area contributed by atoms with Crippen molar-refractivity contribution in [2.45, 2.75) is 52.9 Å². The molecule has 0 aliphatic heterocycles. The Hall–Kier alpha value is -2.03. The van der Waals surface area contributed by atoms with Crippen molar-refractivity contribution in [3.63, 3.8) is 0 Å². The summed E-state index contributed by atoms with van der Waals surface area (Å²) in [6.45, 7) is 10.4. The largest absolute Gasteiger partial charge is 0.481 e. The van der Waals surface area contributed by atoms with Gasteiger partial charge in [-0.3, -0.25) is 4.79 Å². The summed E-state index contributed by atoms with van der Waals surface area (Å²) in [5, 5.41) is 9.97. The number of carboxylic acid groups (broad SMARTS) is 1. The van der Waals surface area contributed by atoms with Crippen LogP contribution < -0.4 is 0 Å². The van der Waals surface area contributed by atoms with Crippen LogP contribution >= 0.6 is 0 Å². The maximum atomic E-state index is 12.1. The highest BCUT2D eigenvalue weighted by Crippen LogP contribution is 2.80. The minimum atomic E-state index is -0.780. The van der Waals surface area contributed by atoms with Crippen LogP contribution in [0.2, 0.25) is 0 Å². The molecule has 0 bridgehead atoms. The molecule has 0 amide bonds. The number of carboxylic acids is 1. The van der Waals surface area contributed by atoms with Gasteiger partial charge in [0.1, 0.15) is 5.76 Å². The van der Waals surface area contributed by atoms with E-state index in [9.17, 15) is 9.90 Å². The number of furan rings is 1. The summed E-state index contributed by atoms with van der Waals surface area (Å²) in [4.78, 5) is 12.1. The van der Waals surface area contributed by atoms with Crippen LogP contribution in [0.4, 0.5) is 0 Å². The molecule has 0 spiro atoms. The van der Waals surface area contributed by atoms with Gasteiger partial charge in [-0.05, 0) is 41.9 Å². The first-order valence-corrected chi connectivity index (χ1v) is 9.02. The monoisotopic (exact) mass is 340 g/mol. The van der Waals surface area contributed by atoms with Crippen LogP contribution in [0.25, 0.3) is 0 Å². The zero-order valence-electron chi connectivity index (χ0n) is 15.8. The van der Waals surface area contributed by atoms with Gasteiger partial charge in [0.05, 0.1) is 11.7 Å². The van der Waals surface area contributed by atoms with Crippen LogP contribution in [0.5, 0.6) is 0 Å². The summed E-state index contributed by atoms with van der Waals surface area (Å²) < 4.78 is 5.85. The molecular weight excluding hydrogens is 312 g/mol. The summed E-state index contributed by atoms with van der Waals surface area (Å²) in [5.41, 5.74) is 0.736. The molecular formula is C22H28O3. The van der Waals surface area contributed by atoms with E-state index in [-0.39, 0.29) is 5.41 Å². The standard InChI is InChI=1S/C22H28O3/c1-15(2)13-22(20(3,4)21(22,5)19(23)24)17-12-18(25-14-17)11-16-9-7-6-8-10-16/h6-10,12,14-15H,11,13H2,1-5H3,(H,23,24). The van der Waals surface area contributed by atoms with Gasteiger partial charge in [-0.25, -0.2) is 0 Å². The van der Waals surface area contributed by atoms with E-state index in [0.29, 0.717) is 5.92 Å². The summed E-state index contributed by atoms with van der Waals surface area (Å²) in [5.74, 6) is 0.580. The van der Waals surface area contributed by atoms with Crippen LogP contribution in [0.1, 0.15) is 57.9 Å². The minimum absolute atomic E-state index is 0.315. The molecule has 1 saturated carbocycles. The Bertz CT molecular complexity index is 772. The molecule has 1 N–H and O–H groups in total. The van der Waals surface area contributed by atoms with Gasteiger partial charge in [0.25, 0.3) is 0 Å². The van der Waals surface area contributed by atoms with E-state index < -0.39 is 16.8 Å². The highest BCUT2D eigenvalue weighted by molar-refractivity contribution is 5.84. The van der Waals surface area contributed by atoms with E-state index in [4.69, 9.17) is 4.42 Å². The van der Waals surface area contributed by atoms with Gasteiger partial charge in [0.15, 0.2) is 0 Å². The molecule has 134 valence electrons. The van der Waals surface area contributed by atoms with Gasteiger partial charge < -0.3 is 9.52 Å². The molecule has 2 unspecified atom stereocenters. The lowest BCUT2D eigenvalue weighted by Gasteiger charge is -2.22. The molecule has 1 aromatic heterocycles. The first-order valence-electron chi connectivity index (χ1n) is 9.02. The highest BCUT2D eigenvalue weighted by Gasteiger charge is 2.83. The SMILES string of the molecule is CC(C)CC1(c2coc(Cc3ccccc3)c2)C(C)(C)C1(C)C(=O)O. The first-order chi connectivity index (χ1) is 11.7. The lowest BCUT2D eigenvalue weighted by atomic mass is 9.80. The first kappa shape index (κ1) is 17.8. The van der Waals surface area contributed by atoms with Gasteiger partial charge in [0, 0.05) is 11.8 Å². The van der Waals surface area contributed by atoms with E-state index in [1.807, 2.05) is 25.1 Å². The number of hydrogen-bond acceptors (Lipinski definition) is 2. The lowest BCUT2D eigenvalue weighted by molar-refractivity contribution is -0.144. The molecule has 1 aromatic carbocycles. The molecule has 0 saturated heterocycles. The van der Waals surface area contributed by atoms with E-state index in [1.54, 1.807) is 6.26 Å². The van der Waals surface area contributed by atoms with Crippen LogP contribution in [-0.4, -0.2) is 11.1 Å². The summed E-state index contributed by atoms with van der Waals surface area (Å²) >= 11 is 0. The molecule has 1 aliphatic carbocycles. The molecule has 1 aliphatic rings. The minimum Gasteiger partial charge on any atom is -0.481 e. The summed E-state index contributed by atoms with van der Waals surface area (Å²) in [6.07, 6.45) is 3.35. The fourth-order valence-electron chi connectivity index (χ4n) is 4.98. The Morgan fingerprint density at radius 1 is 1.16 bits per heavy atom. The molecule has 3 heteroatoms. The van der Waals surface area contributed by atoms with Crippen molar-refractivity contribution in [2.24, 2.45) is 16.7 Å². The average Bonchev–Trinajstić information content (AvgIpc) is 2.85. The number of carbonyl (C=O) groups is 1. The Balaban J connectivity index is 1.99. The lowest BCUT2D eigenvalue weighted by Crippen LogP contribution is -2.25. The molecule has 0 radical (unpaired) electrons. The van der Waals surface area contributed by atoms with Crippen molar-refractivity contribution < 1.29 is 14.3 Å². The molecule has 2 atom stereocenters. The number of hydrogen-bond donors (Lipinski definition) is 1. The summed E-state index contributed by atoms with van der Waals surface area (Å²) in [7, 11) is 0. The topological polar surface area (TPSA) is 50.4 Å². The number of rotatable bonds is 6. The zero-order valence-corrected chi connectivity index (χ0v) is 15.8. The normalized spacial score (nSPS) is 27.4. The highest BCUT2D eigenvalue weighted by atomic mass is 16.4. The third-order valence-electron chi connectivity index (χ3n) is 6.62. The van der Waals surface area contributed by atoms with Crippen molar-refractivity contribution in [3.8, 4) is 0 Å². The van der Waals surface area contributed by atoms with Crippen molar-refractivity contribution >= 4 is 5.97 Å². The molecule has 1 fully saturated rings. The van der Waals surface area contributed by atoms with Crippen LogP contribution in [0.15, 0.2) is 47.1 Å². The second-order valence-electron chi connectivity index (χ2n) is 8.52. The fourth-order valence-corrected chi connectivity index (χ4v) is 4.98. The zero-order chi connectivity index (χ0) is 18.5. The Labute approximate surface area is 150 Å². The maximum Gasteiger partial charge on any atom is 0.310 e. The third kappa shape index (κ3) is 2.36. The molecule has 2 aromatic rings. The van der Waals surface area contributed by atoms with Crippen molar-refractivity contribution in [2.75, 3.05) is 0 Å². The van der Waals surface area contributed by atoms with E-state index in [2.05, 4.69) is 45.9 Å². The fraction of sp³-hybridized carbons (Fsp3) is 0.500. The van der Waals surface area contributed by atoms with Crippen LogP contribution in [0.3, 0.4) is 0 Å². The van der Waals surface area contributed by atoms with Gasteiger partial charge >= 0.3 is 5.97 Å². The summed E-state index contributed by atoms with van der Waals surface area (Å²) in [6, 6.07) is 12.3. The van der Waals surface area contributed by atoms with E-state index in [0.717, 1.165) is 24.2 Å². The number of aliphatic carboxylic acids is 1. The van der Waals surface area contributed by atoms with Gasteiger partial charge in [-0.15, -0.1) is 0 Å². The molecule has 3 rings (SSSR count). The predicted octanol–water partition coefficient (Wildman–Crippen LogP) is 5.29. The van der Waals surface area contributed by atoms with Crippen molar-refractivity contribution in [1.82, 2.24) is 0 Å². The maximum absolute atomic E-state index is 12.1. The molecule has 3 nitrogen and oxygen atoms in total. The second kappa shape index (κ2) is 5.76. The Kier molecular flexibility index (Phi) is 4.09.